The predicted octanol–water partition coefficient (Wildman–Crippen LogP) is 1.93. The van der Waals surface area contributed by atoms with Crippen LogP contribution >= 0.6 is 0 Å². The highest BCUT2D eigenvalue weighted by Gasteiger charge is 2.37. The van der Waals surface area contributed by atoms with Crippen LogP contribution in [0.2, 0.25) is 0 Å². The number of nitrogens with two attached hydrogens (primary N) is 1. The molecule has 21 heavy (non-hydrogen) atoms. The van der Waals surface area contributed by atoms with Crippen LogP contribution in [0.4, 0.5) is 0 Å². The van der Waals surface area contributed by atoms with Crippen molar-refractivity contribution in [2.75, 3.05) is 6.54 Å². The minimum Gasteiger partial charge on any atom is -0.393 e. The number of nitrogens with one attached hydrogen (secondary N) is 1. The van der Waals surface area contributed by atoms with Gasteiger partial charge in [0.05, 0.1) is 11.6 Å². The highest BCUT2D eigenvalue weighted by Crippen LogP contribution is 2.27. The molecule has 1 aromatic rings. The molecule has 0 radical (unpaired) electrons. The topological polar surface area (TPSA) is 75.3 Å². The molecule has 1 fully saturated rings. The normalized spacial score (nSPS) is 20.0. The summed E-state index contributed by atoms with van der Waals surface area (Å²) in [5.41, 5.74) is 6.61. The maximum atomic E-state index is 12.3. The van der Waals surface area contributed by atoms with Crippen molar-refractivity contribution in [2.24, 2.45) is 5.73 Å². The first kappa shape index (κ1) is 16.0. The Morgan fingerprint density at radius 3 is 2.52 bits per heavy atom. The molecule has 1 amide bonds. The van der Waals surface area contributed by atoms with Gasteiger partial charge >= 0.3 is 0 Å². The van der Waals surface area contributed by atoms with E-state index in [0.717, 1.165) is 31.2 Å². The number of benzene rings is 1. The summed E-state index contributed by atoms with van der Waals surface area (Å²) in [6, 6.07) is 10.00. The van der Waals surface area contributed by atoms with Gasteiger partial charge in [0.25, 0.3) is 0 Å². The van der Waals surface area contributed by atoms with E-state index in [1.165, 1.54) is 0 Å². The molecule has 2 rings (SSSR count). The van der Waals surface area contributed by atoms with E-state index in [0.29, 0.717) is 13.0 Å². The Hall–Kier alpha value is -1.39. The first-order valence-corrected chi connectivity index (χ1v) is 7.81. The van der Waals surface area contributed by atoms with Gasteiger partial charge in [0.2, 0.25) is 5.91 Å². The third-order valence-electron chi connectivity index (χ3n) is 4.35. The van der Waals surface area contributed by atoms with Gasteiger partial charge in [-0.15, -0.1) is 0 Å². The van der Waals surface area contributed by atoms with Gasteiger partial charge in [-0.1, -0.05) is 43.2 Å². The fourth-order valence-corrected chi connectivity index (χ4v) is 3.10. The third-order valence-corrected chi connectivity index (χ3v) is 4.35. The molecule has 0 bridgehead atoms. The zero-order chi connectivity index (χ0) is 15.3. The second-order valence-corrected chi connectivity index (χ2v) is 6.27. The summed E-state index contributed by atoms with van der Waals surface area (Å²) in [6.07, 6.45) is 3.82. The Labute approximate surface area is 126 Å². The maximum Gasteiger partial charge on any atom is 0.240 e. The van der Waals surface area contributed by atoms with E-state index in [2.05, 4.69) is 5.32 Å². The highest BCUT2D eigenvalue weighted by atomic mass is 16.3. The summed E-state index contributed by atoms with van der Waals surface area (Å²) in [5.74, 6) is 0.0617. The molecule has 0 aromatic heterocycles. The molecule has 0 heterocycles. The average molecular weight is 290 g/mol. The van der Waals surface area contributed by atoms with Gasteiger partial charge in [0.15, 0.2) is 0 Å². The lowest BCUT2D eigenvalue weighted by Crippen LogP contribution is -2.52. The summed E-state index contributed by atoms with van der Waals surface area (Å²) < 4.78 is 0. The van der Waals surface area contributed by atoms with Crippen LogP contribution < -0.4 is 11.1 Å². The number of rotatable bonds is 6. The smallest absolute Gasteiger partial charge is 0.240 e. The Morgan fingerprint density at radius 1 is 1.33 bits per heavy atom. The standard InChI is InChI=1S/C17H26N2O2/c1-13(20)11-15(14-7-3-2-4-8-14)12-19-16(21)17(18)9-5-6-10-17/h2-4,7-8,13,15,20H,5-6,9-12,18H2,1H3,(H,19,21). The zero-order valence-electron chi connectivity index (χ0n) is 12.7. The molecule has 4 heteroatoms. The van der Waals surface area contributed by atoms with Crippen molar-refractivity contribution in [3.05, 3.63) is 35.9 Å². The predicted molar refractivity (Wildman–Crippen MR) is 83.9 cm³/mol. The maximum absolute atomic E-state index is 12.3. The number of amides is 1. The first-order chi connectivity index (χ1) is 10.0. The Bertz CT molecular complexity index is 453. The number of carbonyl (C=O) groups excluding carboxylic acids is 1. The number of hydrogen-bond donors (Lipinski definition) is 3. The molecule has 1 aliphatic carbocycles. The Kier molecular flexibility index (Phi) is 5.37. The average Bonchev–Trinajstić information content (AvgIpc) is 2.92. The van der Waals surface area contributed by atoms with Crippen LogP contribution in [0, 0.1) is 0 Å². The molecule has 4 nitrogen and oxygen atoms in total. The summed E-state index contributed by atoms with van der Waals surface area (Å²) in [7, 11) is 0. The zero-order valence-corrected chi connectivity index (χ0v) is 12.7. The van der Waals surface area contributed by atoms with E-state index in [-0.39, 0.29) is 11.8 Å². The fraction of sp³-hybridized carbons (Fsp3) is 0.588. The van der Waals surface area contributed by atoms with Crippen molar-refractivity contribution in [3.8, 4) is 0 Å². The second-order valence-electron chi connectivity index (χ2n) is 6.27. The molecule has 1 aromatic carbocycles. The summed E-state index contributed by atoms with van der Waals surface area (Å²) >= 11 is 0. The second kappa shape index (κ2) is 7.05. The van der Waals surface area contributed by atoms with Crippen LogP contribution in [0.1, 0.15) is 50.5 Å². The molecule has 2 unspecified atom stereocenters. The van der Waals surface area contributed by atoms with Crippen molar-refractivity contribution in [2.45, 2.75) is 56.6 Å². The summed E-state index contributed by atoms with van der Waals surface area (Å²) in [5, 5.41) is 12.7. The quantitative estimate of drug-likeness (QED) is 0.749. The number of carbonyl (C=O) groups is 1. The van der Waals surface area contributed by atoms with E-state index in [9.17, 15) is 9.90 Å². The van der Waals surface area contributed by atoms with Crippen molar-refractivity contribution >= 4 is 5.91 Å². The highest BCUT2D eigenvalue weighted by molar-refractivity contribution is 5.86. The van der Waals surface area contributed by atoms with E-state index in [1.54, 1.807) is 6.92 Å². The van der Waals surface area contributed by atoms with Gasteiger partial charge in [-0.2, -0.15) is 0 Å². The summed E-state index contributed by atoms with van der Waals surface area (Å²) in [4.78, 5) is 12.3. The molecule has 2 atom stereocenters. The van der Waals surface area contributed by atoms with Crippen molar-refractivity contribution in [1.29, 1.82) is 0 Å². The van der Waals surface area contributed by atoms with Crippen LogP contribution in [-0.4, -0.2) is 29.2 Å². The number of aliphatic hydroxyl groups is 1. The third kappa shape index (κ3) is 4.29. The van der Waals surface area contributed by atoms with E-state index < -0.39 is 11.6 Å². The van der Waals surface area contributed by atoms with E-state index >= 15 is 0 Å². The Morgan fingerprint density at radius 2 is 1.95 bits per heavy atom. The van der Waals surface area contributed by atoms with Crippen LogP contribution in [-0.2, 0) is 4.79 Å². The molecule has 1 saturated carbocycles. The number of hydrogen-bond acceptors (Lipinski definition) is 3. The van der Waals surface area contributed by atoms with Crippen molar-refractivity contribution < 1.29 is 9.90 Å². The number of aliphatic hydroxyl groups excluding tert-OH is 1. The molecule has 4 N–H and O–H groups in total. The minimum absolute atomic E-state index is 0.0495. The lowest BCUT2D eigenvalue weighted by molar-refractivity contribution is -0.126. The van der Waals surface area contributed by atoms with Crippen LogP contribution in [0.15, 0.2) is 30.3 Å². The molecular weight excluding hydrogens is 264 g/mol. The minimum atomic E-state index is -0.688. The SMILES string of the molecule is CC(O)CC(CNC(=O)C1(N)CCCC1)c1ccccc1. The molecule has 116 valence electrons. The van der Waals surface area contributed by atoms with Crippen LogP contribution in [0.3, 0.4) is 0 Å². The van der Waals surface area contributed by atoms with Crippen molar-refractivity contribution in [3.63, 3.8) is 0 Å². The van der Waals surface area contributed by atoms with E-state index in [1.807, 2.05) is 30.3 Å². The monoisotopic (exact) mass is 290 g/mol. The molecule has 0 spiro atoms. The van der Waals surface area contributed by atoms with Gasteiger partial charge in [-0.25, -0.2) is 0 Å². The van der Waals surface area contributed by atoms with Crippen LogP contribution in [0.5, 0.6) is 0 Å². The fourth-order valence-electron chi connectivity index (χ4n) is 3.10. The van der Waals surface area contributed by atoms with Gasteiger partial charge in [0, 0.05) is 12.5 Å². The van der Waals surface area contributed by atoms with Gasteiger partial charge in [0.1, 0.15) is 0 Å². The largest absolute Gasteiger partial charge is 0.393 e. The van der Waals surface area contributed by atoms with Gasteiger partial charge in [-0.3, -0.25) is 4.79 Å². The molecular formula is C17H26N2O2. The first-order valence-electron chi connectivity index (χ1n) is 7.81. The summed E-state index contributed by atoms with van der Waals surface area (Å²) in [6.45, 7) is 2.30. The lowest BCUT2D eigenvalue weighted by Gasteiger charge is -2.25. The molecule has 0 aliphatic heterocycles. The van der Waals surface area contributed by atoms with Gasteiger partial charge < -0.3 is 16.2 Å². The van der Waals surface area contributed by atoms with Crippen LogP contribution in [0.25, 0.3) is 0 Å². The van der Waals surface area contributed by atoms with Crippen molar-refractivity contribution in [1.82, 2.24) is 5.32 Å². The van der Waals surface area contributed by atoms with E-state index in [4.69, 9.17) is 5.73 Å². The lowest BCUT2D eigenvalue weighted by atomic mass is 9.92. The Balaban J connectivity index is 1.97. The molecule has 0 saturated heterocycles. The molecule has 1 aliphatic rings. The van der Waals surface area contributed by atoms with Gasteiger partial charge in [-0.05, 0) is 31.7 Å².